The van der Waals surface area contributed by atoms with Gasteiger partial charge >= 0.3 is 38.4 Å². The molecule has 0 aliphatic heterocycles. The summed E-state index contributed by atoms with van der Waals surface area (Å²) in [5, 5.41) is 69.3. The summed E-state index contributed by atoms with van der Waals surface area (Å²) in [7, 11) is -15.8. The van der Waals surface area contributed by atoms with Crippen LogP contribution in [-0.4, -0.2) is 44.8 Å². The van der Waals surface area contributed by atoms with Crippen LogP contribution < -0.4 is 25.7 Å². The zero-order valence-corrected chi connectivity index (χ0v) is 35.1. The van der Waals surface area contributed by atoms with Crippen LogP contribution in [0.4, 0.5) is 28.4 Å². The summed E-state index contributed by atoms with van der Waals surface area (Å²) < 4.78 is 107. The molecule has 1 N–H and O–H groups in total. The third-order valence-electron chi connectivity index (χ3n) is 8.92. The number of azo groups is 2. The van der Waals surface area contributed by atoms with Gasteiger partial charge in [-0.05, 0) is 87.9 Å². The molecule has 2 radical (unpaired) electrons. The van der Waals surface area contributed by atoms with Gasteiger partial charge in [-0.3, -0.25) is 4.79 Å². The minimum atomic E-state index is -5.43. The Balaban J connectivity index is 0.00000299. The third-order valence-corrected chi connectivity index (χ3v) is 11.4. The Morgan fingerprint density at radius 1 is 0.508 bits per heavy atom. The van der Waals surface area contributed by atoms with E-state index >= 15 is 0 Å². The van der Waals surface area contributed by atoms with E-state index in [9.17, 15) is 64.1 Å². The second-order valence-electron chi connectivity index (χ2n) is 12.9. The normalized spacial score (nSPS) is 12.0. The first-order valence-corrected chi connectivity index (χ1v) is 21.2. The second kappa shape index (κ2) is 18.2. The maximum atomic E-state index is 13.4. The SMILES string of the molecule is O=C(Nc1ccc2c([O-])c(N=Nc3ccc(-c4ccc(N=Nc5c([O-])c(S(=O)(=O)[O-])cc6cc(S(=O)(=O)[O-])ccc56)c([O-])c4)cc3[O-])c(S(=O)(=O)[O-])cc2c1)c1ccccc1.[Cu+2].[Cu+2].[H+].[H+].[H+]. The molecule has 0 heterocycles. The van der Waals surface area contributed by atoms with Crippen molar-refractivity contribution < 1.29 is 103 Å². The number of nitrogens with one attached hydrogen (secondary N) is 1. The molecular formula is C39H23Cu2N5O14S3. The molecule has 1 amide bonds. The largest absolute Gasteiger partial charge is 2.00 e. The van der Waals surface area contributed by atoms with E-state index in [0.717, 1.165) is 48.5 Å². The first-order valence-electron chi connectivity index (χ1n) is 16.9. The first-order chi connectivity index (χ1) is 28.7. The number of anilines is 1. The summed E-state index contributed by atoms with van der Waals surface area (Å²) >= 11 is 0. The number of hydrogen-bond donors (Lipinski definition) is 1. The minimum absolute atomic E-state index is 0. The van der Waals surface area contributed by atoms with Gasteiger partial charge in [-0.2, -0.15) is 15.3 Å². The van der Waals surface area contributed by atoms with Crippen molar-refractivity contribution in [3.05, 3.63) is 121 Å². The fraction of sp³-hybridized carbons (Fsp3) is 0. The second-order valence-corrected chi connectivity index (χ2v) is 16.9. The molecule has 0 aliphatic carbocycles. The molecule has 0 bridgehead atoms. The molecule has 63 heavy (non-hydrogen) atoms. The summed E-state index contributed by atoms with van der Waals surface area (Å²) in [6, 6.07) is 23.1. The van der Waals surface area contributed by atoms with Crippen LogP contribution in [-0.2, 0) is 64.5 Å². The molecule has 0 unspecified atom stereocenters. The Bertz CT molecular complexity index is 3410. The quantitative estimate of drug-likeness (QED) is 0.106. The molecule has 7 aromatic carbocycles. The van der Waals surface area contributed by atoms with Gasteiger partial charge in [0.1, 0.15) is 30.4 Å². The number of amides is 1. The number of carbonyl (C=O) groups excluding carboxylic acids is 1. The molecule has 0 fully saturated rings. The van der Waals surface area contributed by atoms with Crippen molar-refractivity contribution in [2.24, 2.45) is 20.5 Å². The van der Waals surface area contributed by atoms with Crippen molar-refractivity contribution in [3.8, 4) is 34.1 Å². The van der Waals surface area contributed by atoms with Gasteiger partial charge in [0.05, 0.1) is 32.5 Å². The van der Waals surface area contributed by atoms with Crippen LogP contribution in [0.25, 0.3) is 32.7 Å². The van der Waals surface area contributed by atoms with E-state index < -0.39 is 96.7 Å². The fourth-order valence-corrected chi connectivity index (χ4v) is 7.76. The van der Waals surface area contributed by atoms with Crippen LogP contribution in [0.15, 0.2) is 150 Å². The summed E-state index contributed by atoms with van der Waals surface area (Å²) in [6.45, 7) is 0. The molecule has 7 aromatic rings. The van der Waals surface area contributed by atoms with E-state index in [1.165, 1.54) is 30.3 Å². The predicted molar refractivity (Wildman–Crippen MR) is 208 cm³/mol. The topological polar surface area (TPSA) is 342 Å². The summed E-state index contributed by atoms with van der Waals surface area (Å²) in [6.07, 6.45) is 0. The smallest absolute Gasteiger partial charge is 0.871 e. The number of carbonyl (C=O) groups is 1. The molecule has 0 atom stereocenters. The monoisotopic (exact) mass is 1010 g/mol. The average molecular weight is 1010 g/mol. The van der Waals surface area contributed by atoms with E-state index in [1.807, 2.05) is 0 Å². The van der Waals surface area contributed by atoms with Crippen LogP contribution in [0.2, 0.25) is 0 Å². The van der Waals surface area contributed by atoms with Crippen molar-refractivity contribution in [3.63, 3.8) is 0 Å². The van der Waals surface area contributed by atoms with E-state index in [-0.39, 0.29) is 76.8 Å². The van der Waals surface area contributed by atoms with Gasteiger partial charge in [-0.15, -0.1) is 5.11 Å². The minimum Gasteiger partial charge on any atom is -0.871 e. The third kappa shape index (κ3) is 10.2. The molecule has 0 spiro atoms. The molecule has 0 saturated carbocycles. The van der Waals surface area contributed by atoms with Gasteiger partial charge in [-0.1, -0.05) is 77.6 Å². The Labute approximate surface area is 382 Å². The van der Waals surface area contributed by atoms with E-state index in [0.29, 0.717) is 11.6 Å². The Hall–Kier alpha value is -6.30. The van der Waals surface area contributed by atoms with Crippen LogP contribution in [0.5, 0.6) is 23.0 Å². The van der Waals surface area contributed by atoms with Crippen LogP contribution >= 0.6 is 0 Å². The molecule has 328 valence electrons. The van der Waals surface area contributed by atoms with Gasteiger partial charge in [0.2, 0.25) is 0 Å². The molecule has 0 saturated heterocycles. The predicted octanol–water partition coefficient (Wildman–Crippen LogP) is 5.08. The number of fused-ring (bicyclic) bond motifs is 2. The zero-order valence-electron chi connectivity index (χ0n) is 33.8. The van der Waals surface area contributed by atoms with E-state index in [4.69, 9.17) is 0 Å². The van der Waals surface area contributed by atoms with E-state index in [2.05, 4.69) is 25.8 Å². The molecule has 0 aromatic heterocycles. The molecular weight excluding hydrogens is 986 g/mol. The van der Waals surface area contributed by atoms with Crippen LogP contribution in [0.3, 0.4) is 0 Å². The molecule has 0 aliphatic rings. The van der Waals surface area contributed by atoms with Crippen LogP contribution in [0.1, 0.15) is 14.6 Å². The maximum absolute atomic E-state index is 13.4. The first kappa shape index (κ1) is 47.7. The van der Waals surface area contributed by atoms with Crippen LogP contribution in [0, 0.1) is 0 Å². The average Bonchev–Trinajstić information content (AvgIpc) is 3.19. The van der Waals surface area contributed by atoms with E-state index in [1.54, 1.807) is 30.3 Å². The van der Waals surface area contributed by atoms with Crippen molar-refractivity contribution >= 4 is 86.2 Å². The number of hydrogen-bond acceptors (Lipinski definition) is 18. The molecule has 24 heteroatoms. The zero-order chi connectivity index (χ0) is 44.0. The van der Waals surface area contributed by atoms with Gasteiger partial charge in [0.25, 0.3) is 5.91 Å². The fourth-order valence-electron chi connectivity index (χ4n) is 6.02. The molecule has 7 rings (SSSR count). The van der Waals surface area contributed by atoms with Gasteiger partial charge in [0.15, 0.2) is 0 Å². The standard InChI is InChI=1S/C39H27N5O14S3.2Cu/c45-31-16-21(6-12-29(31)41-43-35-27-11-9-26(59(50,51)52)15-24(27)19-34(38(35)48)61(56,57)58)22-7-13-30(32(46)17-22)42-44-36-33(60(53,54)55)18-23-14-25(8-10-28(23)37(36)47)40-39(49)20-4-2-1-3-5-20;;/h1-19,45-48H,(H,40,49)(H,50,51,52)(H,53,54,55)(H,56,57,58);;/q;2*+2/p-4. The summed E-state index contributed by atoms with van der Waals surface area (Å²) in [5.74, 6) is -4.54. The summed E-state index contributed by atoms with van der Waals surface area (Å²) in [4.78, 5) is 9.47. The van der Waals surface area contributed by atoms with Gasteiger partial charge < -0.3 is 39.4 Å². The van der Waals surface area contributed by atoms with Crippen molar-refractivity contribution in [2.75, 3.05) is 5.32 Å². The summed E-state index contributed by atoms with van der Waals surface area (Å²) in [5.41, 5.74) is -1.59. The molecule has 19 nitrogen and oxygen atoms in total. The van der Waals surface area contributed by atoms with Crippen molar-refractivity contribution in [1.82, 2.24) is 0 Å². The Morgan fingerprint density at radius 2 is 1.03 bits per heavy atom. The van der Waals surface area contributed by atoms with Gasteiger partial charge in [0, 0.05) is 21.5 Å². The number of benzene rings is 7. The number of rotatable bonds is 10. The maximum Gasteiger partial charge on any atom is 2.00 e. The van der Waals surface area contributed by atoms with Crippen molar-refractivity contribution in [1.29, 1.82) is 0 Å². The Kier molecular flexibility index (Phi) is 13.8. The Morgan fingerprint density at radius 3 is 1.57 bits per heavy atom. The van der Waals surface area contributed by atoms with Crippen molar-refractivity contribution in [2.45, 2.75) is 14.7 Å². The van der Waals surface area contributed by atoms with Gasteiger partial charge in [-0.25, -0.2) is 25.3 Å². The number of nitrogens with zero attached hydrogens (tertiary/aromatic N) is 4.